The lowest BCUT2D eigenvalue weighted by atomic mass is 9.46. The summed E-state index contributed by atoms with van der Waals surface area (Å²) in [5, 5.41) is 46.2. The molecule has 7 nitrogen and oxygen atoms in total. The van der Waals surface area contributed by atoms with E-state index in [0.717, 1.165) is 25.7 Å². The molecule has 4 N–H and O–H groups in total. The number of ketones is 1. The van der Waals surface area contributed by atoms with E-state index in [9.17, 15) is 30.0 Å². The number of hydrogen-bond acceptors (Lipinski definition) is 7. The summed E-state index contributed by atoms with van der Waals surface area (Å²) >= 11 is 0. The van der Waals surface area contributed by atoms with Gasteiger partial charge in [0, 0.05) is 36.0 Å². The number of rotatable bonds is 11. The van der Waals surface area contributed by atoms with Crippen molar-refractivity contribution in [1.82, 2.24) is 0 Å². The number of ether oxygens (including phenoxy) is 1. The molecule has 0 amide bonds. The number of aliphatic hydroxyl groups is 4. The molecule has 0 heterocycles. The van der Waals surface area contributed by atoms with E-state index in [1.165, 1.54) is 19.3 Å². The third kappa shape index (κ3) is 4.93. The molecule has 216 valence electrons. The van der Waals surface area contributed by atoms with Gasteiger partial charge < -0.3 is 25.2 Å². The van der Waals surface area contributed by atoms with Gasteiger partial charge in [-0.05, 0) is 37.8 Å². The first-order chi connectivity index (χ1) is 17.7. The van der Waals surface area contributed by atoms with Gasteiger partial charge in [0.1, 0.15) is 11.2 Å². The fraction of sp³-hybridized carbons (Fsp3) is 0.806. The average Bonchev–Trinajstić information content (AvgIpc) is 3.02. The van der Waals surface area contributed by atoms with E-state index in [-0.39, 0.29) is 25.4 Å². The molecule has 3 aliphatic rings. The lowest BCUT2D eigenvalue weighted by Crippen LogP contribution is -2.74. The summed E-state index contributed by atoms with van der Waals surface area (Å²) in [6.07, 6.45) is 10.2. The molecule has 3 rings (SSSR count). The standard InChI is InChI=1S/C31H50O7/c1-7-9-10-11-12-13-14-15-25(33)38-29(6)27(35)22(8-2)31(37)23(28(29,4)5)17-21(19-32)18-30(36)24(31)16-20(3)26(30)34/h16-17,22-24,27,32,35-37H,7-15,18-19H2,1-6H3/t22-,23+,24-,27-,29-,30-,31-/m1/s1. The van der Waals surface area contributed by atoms with Gasteiger partial charge in [0.05, 0.1) is 18.3 Å². The molecule has 0 aromatic heterocycles. The highest BCUT2D eigenvalue weighted by molar-refractivity contribution is 6.04. The number of esters is 1. The molecule has 38 heavy (non-hydrogen) atoms. The molecule has 7 heteroatoms. The van der Waals surface area contributed by atoms with Crippen LogP contribution >= 0.6 is 0 Å². The summed E-state index contributed by atoms with van der Waals surface area (Å²) in [5.74, 6) is -3.32. The lowest BCUT2D eigenvalue weighted by molar-refractivity contribution is -0.290. The highest BCUT2D eigenvalue weighted by Crippen LogP contribution is 2.63. The Kier molecular flexibility index (Phi) is 9.40. The first kappa shape index (κ1) is 31.0. The van der Waals surface area contributed by atoms with Crippen LogP contribution in [0.2, 0.25) is 0 Å². The summed E-state index contributed by atoms with van der Waals surface area (Å²) in [7, 11) is 0. The molecule has 0 aliphatic heterocycles. The normalized spacial score (nSPS) is 38.1. The molecule has 3 aliphatic carbocycles. The van der Waals surface area contributed by atoms with Crippen LogP contribution in [0.3, 0.4) is 0 Å². The largest absolute Gasteiger partial charge is 0.456 e. The van der Waals surface area contributed by atoms with Crippen molar-refractivity contribution < 1.29 is 34.8 Å². The van der Waals surface area contributed by atoms with E-state index in [4.69, 9.17) is 4.74 Å². The van der Waals surface area contributed by atoms with E-state index in [0.29, 0.717) is 17.6 Å². The molecule has 0 saturated heterocycles. The smallest absolute Gasteiger partial charge is 0.306 e. The molecule has 0 aromatic rings. The number of carbonyl (C=O) groups is 2. The average molecular weight is 535 g/mol. The van der Waals surface area contributed by atoms with Crippen molar-refractivity contribution in [3.63, 3.8) is 0 Å². The molecule has 1 saturated carbocycles. The van der Waals surface area contributed by atoms with Crippen LogP contribution in [0, 0.1) is 23.2 Å². The fourth-order valence-corrected chi connectivity index (χ4v) is 7.56. The second-order valence-corrected chi connectivity index (χ2v) is 12.7. The van der Waals surface area contributed by atoms with Gasteiger partial charge in [-0.1, -0.05) is 78.4 Å². The van der Waals surface area contributed by atoms with Gasteiger partial charge >= 0.3 is 5.97 Å². The van der Waals surface area contributed by atoms with Crippen LogP contribution in [0.25, 0.3) is 0 Å². The molecular formula is C31H50O7. The van der Waals surface area contributed by atoms with E-state index in [1.807, 2.05) is 20.8 Å². The van der Waals surface area contributed by atoms with Crippen LogP contribution in [0.4, 0.5) is 0 Å². The zero-order chi connectivity index (χ0) is 28.5. The topological polar surface area (TPSA) is 124 Å². The van der Waals surface area contributed by atoms with Crippen LogP contribution in [0.5, 0.6) is 0 Å². The van der Waals surface area contributed by atoms with Crippen molar-refractivity contribution in [2.24, 2.45) is 23.2 Å². The molecule has 0 spiro atoms. The lowest BCUT2D eigenvalue weighted by Gasteiger charge is -2.64. The van der Waals surface area contributed by atoms with Crippen molar-refractivity contribution in [3.05, 3.63) is 23.3 Å². The van der Waals surface area contributed by atoms with Crippen LogP contribution in [0.1, 0.15) is 106 Å². The highest BCUT2D eigenvalue weighted by atomic mass is 16.6. The van der Waals surface area contributed by atoms with Gasteiger partial charge in [-0.2, -0.15) is 0 Å². The first-order valence-electron chi connectivity index (χ1n) is 14.6. The Balaban J connectivity index is 1.94. The maximum atomic E-state index is 13.1. The number of aliphatic hydroxyl groups excluding tert-OH is 2. The fourth-order valence-electron chi connectivity index (χ4n) is 7.56. The zero-order valence-corrected chi connectivity index (χ0v) is 24.3. The highest BCUT2D eigenvalue weighted by Gasteiger charge is 2.73. The quantitative estimate of drug-likeness (QED) is 0.176. The molecule has 0 aromatic carbocycles. The van der Waals surface area contributed by atoms with Crippen molar-refractivity contribution >= 4 is 11.8 Å². The molecule has 1 fully saturated rings. The number of hydrogen-bond donors (Lipinski definition) is 4. The Bertz CT molecular complexity index is 952. The van der Waals surface area contributed by atoms with Gasteiger partial charge in [0.15, 0.2) is 5.78 Å². The van der Waals surface area contributed by atoms with E-state index in [2.05, 4.69) is 6.92 Å². The predicted molar refractivity (Wildman–Crippen MR) is 146 cm³/mol. The number of carbonyl (C=O) groups excluding carboxylic acids is 2. The van der Waals surface area contributed by atoms with Gasteiger partial charge in [0.2, 0.25) is 0 Å². The maximum absolute atomic E-state index is 13.1. The maximum Gasteiger partial charge on any atom is 0.306 e. The number of fused-ring (bicyclic) bond motifs is 3. The Morgan fingerprint density at radius 2 is 1.61 bits per heavy atom. The van der Waals surface area contributed by atoms with Crippen LogP contribution in [0.15, 0.2) is 23.3 Å². The zero-order valence-electron chi connectivity index (χ0n) is 24.3. The number of unbranched alkanes of at least 4 members (excludes halogenated alkanes) is 6. The van der Waals surface area contributed by atoms with Crippen molar-refractivity contribution in [3.8, 4) is 0 Å². The van der Waals surface area contributed by atoms with Crippen LogP contribution in [-0.4, -0.2) is 61.7 Å². The van der Waals surface area contributed by atoms with Crippen molar-refractivity contribution in [2.45, 2.75) is 129 Å². The third-order valence-electron chi connectivity index (χ3n) is 10.1. The Hall–Kier alpha value is -1.54. The summed E-state index contributed by atoms with van der Waals surface area (Å²) < 4.78 is 6.13. The van der Waals surface area contributed by atoms with Gasteiger partial charge in [0.25, 0.3) is 0 Å². The minimum absolute atomic E-state index is 0.100. The Morgan fingerprint density at radius 1 is 1.00 bits per heavy atom. The van der Waals surface area contributed by atoms with Crippen molar-refractivity contribution in [2.75, 3.05) is 6.61 Å². The predicted octanol–water partition coefficient (Wildman–Crippen LogP) is 4.40. The number of Topliss-reactive ketones (excluding diaryl/α,β-unsaturated/α-hetero) is 1. The van der Waals surface area contributed by atoms with Crippen LogP contribution in [-0.2, 0) is 14.3 Å². The second-order valence-electron chi connectivity index (χ2n) is 12.7. The van der Waals surface area contributed by atoms with Crippen LogP contribution < -0.4 is 0 Å². The van der Waals surface area contributed by atoms with Gasteiger partial charge in [-0.3, -0.25) is 9.59 Å². The molecule has 0 unspecified atom stereocenters. The Morgan fingerprint density at radius 3 is 2.18 bits per heavy atom. The summed E-state index contributed by atoms with van der Waals surface area (Å²) in [6.45, 7) is 10.7. The van der Waals surface area contributed by atoms with E-state index < -0.39 is 51.9 Å². The molecule has 0 radical (unpaired) electrons. The van der Waals surface area contributed by atoms with Crippen molar-refractivity contribution in [1.29, 1.82) is 0 Å². The van der Waals surface area contributed by atoms with Gasteiger partial charge in [-0.15, -0.1) is 0 Å². The minimum Gasteiger partial charge on any atom is -0.456 e. The molecule has 7 atom stereocenters. The van der Waals surface area contributed by atoms with E-state index >= 15 is 0 Å². The van der Waals surface area contributed by atoms with E-state index in [1.54, 1.807) is 26.0 Å². The summed E-state index contributed by atoms with van der Waals surface area (Å²) in [5.41, 5.74) is -5.15. The SMILES string of the molecule is CCCCCCCCCC(=O)O[C@]1(C)[C@H](O)[C@@H](CC)[C@@]2(O)[C@@H](C=C(CO)C[C@]3(O)C(=O)C(C)=C[C@@H]23)C1(C)C. The second kappa shape index (κ2) is 11.5. The summed E-state index contributed by atoms with van der Waals surface area (Å²) in [4.78, 5) is 26.2. The molecular weight excluding hydrogens is 484 g/mol. The summed E-state index contributed by atoms with van der Waals surface area (Å²) in [6, 6.07) is 0. The third-order valence-corrected chi connectivity index (χ3v) is 10.1. The van der Waals surface area contributed by atoms with Gasteiger partial charge in [-0.25, -0.2) is 0 Å². The first-order valence-corrected chi connectivity index (χ1v) is 14.6. The minimum atomic E-state index is -1.91. The Labute approximate surface area is 228 Å². The molecule has 0 bridgehead atoms. The monoisotopic (exact) mass is 534 g/mol.